The zero-order chi connectivity index (χ0) is 19.8. The number of benzene rings is 2. The Kier molecular flexibility index (Phi) is 5.00. The third-order valence-electron chi connectivity index (χ3n) is 5.28. The first-order valence-electron chi connectivity index (χ1n) is 9.36. The van der Waals surface area contributed by atoms with Gasteiger partial charge in [0, 0.05) is 48.4 Å². The van der Waals surface area contributed by atoms with E-state index in [1.807, 2.05) is 19.1 Å². The van der Waals surface area contributed by atoms with E-state index in [1.54, 1.807) is 36.4 Å². The first kappa shape index (κ1) is 18.8. The fourth-order valence-corrected chi connectivity index (χ4v) is 4.71. The number of thiophene rings is 1. The number of carbonyl (C=O) groups excluding carboxylic acids is 1. The number of fused-ring (bicyclic) bond motifs is 2. The summed E-state index contributed by atoms with van der Waals surface area (Å²) in [4.78, 5) is 16.1. The number of hydrogen-bond donors (Lipinski definition) is 1. The molecule has 0 bridgehead atoms. The van der Waals surface area contributed by atoms with Crippen molar-refractivity contribution in [2.45, 2.75) is 19.5 Å². The molecule has 1 amide bonds. The third-order valence-corrected chi connectivity index (χ3v) is 6.25. The van der Waals surface area contributed by atoms with Gasteiger partial charge >= 0.3 is 0 Å². The zero-order valence-corrected chi connectivity index (χ0v) is 17.1. The number of aromatic hydroxyl groups is 1. The van der Waals surface area contributed by atoms with Crippen LogP contribution in [-0.2, 0) is 11.3 Å². The van der Waals surface area contributed by atoms with Gasteiger partial charge in [-0.2, -0.15) is 0 Å². The predicted molar refractivity (Wildman–Crippen MR) is 113 cm³/mol. The lowest BCUT2D eigenvalue weighted by molar-refractivity contribution is -0.134. The summed E-state index contributed by atoms with van der Waals surface area (Å²) >= 11 is 1.70. The van der Waals surface area contributed by atoms with Crippen molar-refractivity contribution in [3.63, 3.8) is 0 Å². The second kappa shape index (κ2) is 7.45. The van der Waals surface area contributed by atoms with Crippen LogP contribution in [0.3, 0.4) is 0 Å². The van der Waals surface area contributed by atoms with Crippen molar-refractivity contribution < 1.29 is 14.6 Å². The lowest BCUT2D eigenvalue weighted by Crippen LogP contribution is -2.45. The van der Waals surface area contributed by atoms with E-state index in [0.29, 0.717) is 25.4 Å². The van der Waals surface area contributed by atoms with E-state index in [1.165, 1.54) is 10.1 Å². The number of nitrogens with zero attached hydrogens (tertiary/aromatic N) is 2. The van der Waals surface area contributed by atoms with Gasteiger partial charge in [0.25, 0.3) is 0 Å². The molecule has 1 N–H and O–H groups in total. The first-order valence-corrected chi connectivity index (χ1v) is 10.2. The maximum atomic E-state index is 12.4. The molecule has 146 valence electrons. The van der Waals surface area contributed by atoms with Crippen LogP contribution in [0.4, 0.5) is 0 Å². The second-order valence-electron chi connectivity index (χ2n) is 7.36. The first-order chi connectivity index (χ1) is 13.5. The Bertz CT molecular complexity index is 1030. The Labute approximate surface area is 168 Å². The molecule has 2 heterocycles. The van der Waals surface area contributed by atoms with Gasteiger partial charge in [-0.3, -0.25) is 9.69 Å². The fourth-order valence-electron chi connectivity index (χ4n) is 3.74. The summed E-state index contributed by atoms with van der Waals surface area (Å²) in [6, 6.07) is 11.9. The Hall–Kier alpha value is -2.57. The van der Waals surface area contributed by atoms with Gasteiger partial charge in [0.15, 0.2) is 11.5 Å². The Morgan fingerprint density at radius 2 is 2.07 bits per heavy atom. The Morgan fingerprint density at radius 3 is 2.86 bits per heavy atom. The minimum atomic E-state index is -0.252. The highest BCUT2D eigenvalue weighted by Crippen LogP contribution is 2.41. The lowest BCUT2D eigenvalue weighted by atomic mass is 10.0. The van der Waals surface area contributed by atoms with Crippen LogP contribution in [0.5, 0.6) is 11.5 Å². The minimum Gasteiger partial charge on any atom is -0.504 e. The molecule has 2 aromatic carbocycles. The summed E-state index contributed by atoms with van der Waals surface area (Å²) in [7, 11) is 3.54. The van der Waals surface area contributed by atoms with Crippen LogP contribution in [0, 0.1) is 0 Å². The number of rotatable bonds is 3. The van der Waals surface area contributed by atoms with Gasteiger partial charge in [-0.15, -0.1) is 11.3 Å². The van der Waals surface area contributed by atoms with Gasteiger partial charge in [0.2, 0.25) is 5.91 Å². The monoisotopic (exact) mass is 396 g/mol. The van der Waals surface area contributed by atoms with E-state index in [0.717, 1.165) is 16.7 Å². The average Bonchev–Trinajstić information content (AvgIpc) is 2.99. The van der Waals surface area contributed by atoms with Gasteiger partial charge in [-0.1, -0.05) is 18.2 Å². The van der Waals surface area contributed by atoms with Gasteiger partial charge in [-0.05, 0) is 36.1 Å². The van der Waals surface area contributed by atoms with Crippen LogP contribution in [0.1, 0.15) is 12.5 Å². The van der Waals surface area contributed by atoms with Crippen LogP contribution in [0.15, 0.2) is 41.8 Å². The van der Waals surface area contributed by atoms with Gasteiger partial charge in [0.05, 0.1) is 6.04 Å². The van der Waals surface area contributed by atoms with Gasteiger partial charge in [0.1, 0.15) is 6.61 Å². The molecule has 1 aliphatic rings. The van der Waals surface area contributed by atoms with E-state index < -0.39 is 0 Å². The molecule has 0 saturated heterocycles. The molecule has 0 spiro atoms. The van der Waals surface area contributed by atoms with Crippen molar-refractivity contribution in [2.24, 2.45) is 0 Å². The number of phenols is 1. The summed E-state index contributed by atoms with van der Waals surface area (Å²) in [5.41, 5.74) is 2.97. The molecule has 1 atom stereocenters. The van der Waals surface area contributed by atoms with Crippen LogP contribution in [0.25, 0.3) is 21.2 Å². The molecule has 5 nitrogen and oxygen atoms in total. The molecule has 0 saturated carbocycles. The highest BCUT2D eigenvalue weighted by Gasteiger charge is 2.27. The molecule has 3 aromatic rings. The van der Waals surface area contributed by atoms with Crippen molar-refractivity contribution in [3.8, 4) is 22.6 Å². The summed E-state index contributed by atoms with van der Waals surface area (Å²) in [6.45, 7) is 3.54. The third kappa shape index (κ3) is 3.34. The van der Waals surface area contributed by atoms with E-state index in [4.69, 9.17) is 4.74 Å². The molecular formula is C22H24N2O3S. The van der Waals surface area contributed by atoms with Crippen LogP contribution in [-0.4, -0.2) is 54.1 Å². The van der Waals surface area contributed by atoms with Gasteiger partial charge in [-0.25, -0.2) is 0 Å². The van der Waals surface area contributed by atoms with E-state index in [2.05, 4.69) is 28.5 Å². The molecule has 1 aromatic heterocycles. The van der Waals surface area contributed by atoms with Crippen molar-refractivity contribution in [1.82, 2.24) is 9.80 Å². The van der Waals surface area contributed by atoms with Crippen molar-refractivity contribution >= 4 is 27.3 Å². The molecule has 0 aliphatic carbocycles. The summed E-state index contributed by atoms with van der Waals surface area (Å²) in [6.07, 6.45) is 0. The molecule has 28 heavy (non-hydrogen) atoms. The quantitative estimate of drug-likeness (QED) is 0.728. The smallest absolute Gasteiger partial charge is 0.239 e. The number of likely N-dealkylation sites (N-methyl/N-ethyl adjacent to an activating group) is 1. The number of amides is 1. The van der Waals surface area contributed by atoms with Crippen LogP contribution >= 0.6 is 11.3 Å². The highest BCUT2D eigenvalue weighted by molar-refractivity contribution is 7.17. The summed E-state index contributed by atoms with van der Waals surface area (Å²) in [5, 5.41) is 13.9. The maximum Gasteiger partial charge on any atom is 0.239 e. The number of hydrogen-bond acceptors (Lipinski definition) is 5. The number of carbonyl (C=O) groups is 1. The van der Waals surface area contributed by atoms with Crippen molar-refractivity contribution in [1.29, 1.82) is 0 Å². The highest BCUT2D eigenvalue weighted by atomic mass is 32.1. The molecule has 4 rings (SSSR count). The topological polar surface area (TPSA) is 53.0 Å². The standard InChI is InChI=1S/C22H24N2O3S/c1-14(22(26)23(2)3)24-8-9-27-21-16(12-24)10-15(11-19(21)25)18-13-28-20-7-5-4-6-17(18)20/h4-7,10-11,13-14,25H,8-9,12H2,1-3H3/t14-/m1/s1. The van der Waals surface area contributed by atoms with Gasteiger partial charge < -0.3 is 14.7 Å². The second-order valence-corrected chi connectivity index (χ2v) is 8.27. The SMILES string of the molecule is C[C@H](C(=O)N(C)C)N1CCOc2c(O)cc(-c3csc4ccccc34)cc2C1. The zero-order valence-electron chi connectivity index (χ0n) is 16.3. The Balaban J connectivity index is 1.73. The largest absolute Gasteiger partial charge is 0.504 e. The number of phenolic OH excluding ortho intramolecular Hbond substituents is 1. The van der Waals surface area contributed by atoms with E-state index >= 15 is 0 Å². The molecule has 0 fully saturated rings. The Morgan fingerprint density at radius 1 is 1.29 bits per heavy atom. The lowest BCUT2D eigenvalue weighted by Gasteiger charge is -2.28. The molecule has 1 aliphatic heterocycles. The molecule has 0 unspecified atom stereocenters. The number of ether oxygens (including phenoxy) is 1. The van der Waals surface area contributed by atoms with E-state index in [9.17, 15) is 9.90 Å². The summed E-state index contributed by atoms with van der Waals surface area (Å²) < 4.78 is 7.06. The average molecular weight is 397 g/mol. The minimum absolute atomic E-state index is 0.0626. The maximum absolute atomic E-state index is 12.4. The predicted octanol–water partition coefficient (Wildman–Crippen LogP) is 3.95. The summed E-state index contributed by atoms with van der Waals surface area (Å²) in [5.74, 6) is 0.735. The molecule has 0 radical (unpaired) electrons. The molecular weight excluding hydrogens is 372 g/mol. The van der Waals surface area contributed by atoms with Crippen LogP contribution < -0.4 is 4.74 Å². The molecule has 6 heteroatoms. The van der Waals surface area contributed by atoms with Crippen molar-refractivity contribution in [3.05, 3.63) is 47.3 Å². The fraction of sp³-hybridized carbons (Fsp3) is 0.318. The normalized spacial score (nSPS) is 15.5. The van der Waals surface area contributed by atoms with Crippen molar-refractivity contribution in [2.75, 3.05) is 27.2 Å². The van der Waals surface area contributed by atoms with E-state index in [-0.39, 0.29) is 17.7 Å². The van der Waals surface area contributed by atoms with Crippen LogP contribution in [0.2, 0.25) is 0 Å².